The molecule has 0 aromatic carbocycles. The fraction of sp³-hybridized carbons (Fsp3) is 0.692. The van der Waals surface area contributed by atoms with Gasteiger partial charge in [-0.3, -0.25) is 0 Å². The molecule has 0 bridgehead atoms. The first-order valence-corrected chi connectivity index (χ1v) is 6.50. The summed E-state index contributed by atoms with van der Waals surface area (Å²) < 4.78 is 0. The van der Waals surface area contributed by atoms with Gasteiger partial charge in [-0.15, -0.1) is 0 Å². The molecule has 0 amide bonds. The van der Waals surface area contributed by atoms with Crippen LogP contribution in [0.4, 0.5) is 5.95 Å². The lowest BCUT2D eigenvalue weighted by atomic mass is 10.2. The zero-order valence-electron chi connectivity index (χ0n) is 11.8. The highest BCUT2D eigenvalue weighted by Gasteiger charge is 2.25. The molecule has 1 aliphatic rings. The van der Waals surface area contributed by atoms with Crippen LogP contribution in [0.2, 0.25) is 0 Å². The maximum Gasteiger partial charge on any atom is 0.225 e. The second-order valence-corrected chi connectivity index (χ2v) is 5.18. The number of nitrogens with one attached hydrogen (secondary N) is 1. The monoisotopic (exact) mass is 249 g/mol. The molecule has 0 spiro atoms. The van der Waals surface area contributed by atoms with Crippen LogP contribution in [0.25, 0.3) is 0 Å². The van der Waals surface area contributed by atoms with Gasteiger partial charge in [0.05, 0.1) is 5.69 Å². The molecule has 1 aliphatic heterocycles. The number of rotatable bonds is 4. The minimum absolute atomic E-state index is 0.613. The molecular weight excluding hydrogens is 226 g/mol. The predicted octanol–water partition coefficient (Wildman–Crippen LogP) is 0.645. The van der Waals surface area contributed by atoms with E-state index in [0.29, 0.717) is 6.04 Å². The van der Waals surface area contributed by atoms with Gasteiger partial charge in [-0.2, -0.15) is 0 Å². The highest BCUT2D eigenvalue weighted by Crippen LogP contribution is 2.19. The Balaban J connectivity index is 2.13. The highest BCUT2D eigenvalue weighted by atomic mass is 15.3. The maximum atomic E-state index is 4.63. The van der Waals surface area contributed by atoms with E-state index in [1.54, 1.807) is 0 Å². The summed E-state index contributed by atoms with van der Waals surface area (Å²) in [6.07, 6.45) is 1.19. The molecule has 2 rings (SSSR count). The summed E-state index contributed by atoms with van der Waals surface area (Å²) in [6.45, 7) is 4.89. The van der Waals surface area contributed by atoms with E-state index in [2.05, 4.69) is 39.2 Å². The normalized spacial score (nSPS) is 19.8. The van der Waals surface area contributed by atoms with E-state index in [-0.39, 0.29) is 0 Å². The van der Waals surface area contributed by atoms with Crippen molar-refractivity contribution in [1.29, 1.82) is 0 Å². The molecule has 1 saturated heterocycles. The molecule has 5 nitrogen and oxygen atoms in total. The Morgan fingerprint density at radius 1 is 1.44 bits per heavy atom. The van der Waals surface area contributed by atoms with Crippen molar-refractivity contribution < 1.29 is 0 Å². The molecule has 100 valence electrons. The highest BCUT2D eigenvalue weighted by molar-refractivity contribution is 5.34. The van der Waals surface area contributed by atoms with Gasteiger partial charge in [-0.25, -0.2) is 9.97 Å². The summed E-state index contributed by atoms with van der Waals surface area (Å²) in [5.41, 5.74) is 2.10. The van der Waals surface area contributed by atoms with Crippen molar-refractivity contribution in [1.82, 2.24) is 20.2 Å². The summed E-state index contributed by atoms with van der Waals surface area (Å²) in [4.78, 5) is 13.8. The Morgan fingerprint density at radius 3 is 2.83 bits per heavy atom. The molecule has 1 unspecified atom stereocenters. The Labute approximate surface area is 109 Å². The summed E-state index contributed by atoms with van der Waals surface area (Å²) >= 11 is 0. The quantitative estimate of drug-likeness (QED) is 0.848. The molecule has 0 saturated carbocycles. The number of anilines is 1. The summed E-state index contributed by atoms with van der Waals surface area (Å²) in [6, 6.07) is 2.65. The number of aryl methyl sites for hydroxylation is 1. The number of hydrogen-bond acceptors (Lipinski definition) is 5. The van der Waals surface area contributed by atoms with Gasteiger partial charge >= 0.3 is 0 Å². The van der Waals surface area contributed by atoms with Crippen LogP contribution < -0.4 is 10.2 Å². The van der Waals surface area contributed by atoms with Crippen LogP contribution in [0.3, 0.4) is 0 Å². The van der Waals surface area contributed by atoms with Gasteiger partial charge in [-0.05, 0) is 40.6 Å². The van der Waals surface area contributed by atoms with Gasteiger partial charge in [0.15, 0.2) is 0 Å². The minimum Gasteiger partial charge on any atom is -0.339 e. The zero-order valence-corrected chi connectivity index (χ0v) is 11.8. The van der Waals surface area contributed by atoms with E-state index in [1.807, 2.05) is 20.0 Å². The lowest BCUT2D eigenvalue weighted by molar-refractivity contribution is 0.315. The zero-order chi connectivity index (χ0) is 13.1. The van der Waals surface area contributed by atoms with Crippen LogP contribution in [0, 0.1) is 6.92 Å². The largest absolute Gasteiger partial charge is 0.339 e. The Kier molecular flexibility index (Phi) is 4.14. The third-order valence-electron chi connectivity index (χ3n) is 3.43. The molecule has 1 aromatic heterocycles. The molecule has 1 N–H and O–H groups in total. The van der Waals surface area contributed by atoms with Gasteiger partial charge < -0.3 is 15.1 Å². The summed E-state index contributed by atoms with van der Waals surface area (Å²) in [5.74, 6) is 0.879. The Morgan fingerprint density at radius 2 is 2.22 bits per heavy atom. The van der Waals surface area contributed by atoms with Crippen molar-refractivity contribution >= 4 is 5.95 Å². The van der Waals surface area contributed by atoms with Gasteiger partial charge in [0.25, 0.3) is 0 Å². The Hall–Kier alpha value is -1.20. The molecule has 0 radical (unpaired) electrons. The second-order valence-electron chi connectivity index (χ2n) is 5.18. The van der Waals surface area contributed by atoms with Crippen LogP contribution in [0.5, 0.6) is 0 Å². The fourth-order valence-corrected chi connectivity index (χ4v) is 2.37. The van der Waals surface area contributed by atoms with Crippen LogP contribution >= 0.6 is 0 Å². The third kappa shape index (κ3) is 2.97. The number of likely N-dealkylation sites (N-methyl/N-ethyl adjacent to an activating group) is 1. The first-order chi connectivity index (χ1) is 8.60. The van der Waals surface area contributed by atoms with Crippen LogP contribution in [0.1, 0.15) is 17.8 Å². The molecular formula is C13H23N5. The average Bonchev–Trinajstić information content (AvgIpc) is 2.78. The lowest BCUT2D eigenvalue weighted by Crippen LogP contribution is -2.32. The van der Waals surface area contributed by atoms with E-state index in [9.17, 15) is 0 Å². The second kappa shape index (κ2) is 5.63. The van der Waals surface area contributed by atoms with E-state index in [0.717, 1.165) is 37.0 Å². The van der Waals surface area contributed by atoms with Crippen molar-refractivity contribution in [2.45, 2.75) is 25.9 Å². The van der Waals surface area contributed by atoms with E-state index in [4.69, 9.17) is 0 Å². The summed E-state index contributed by atoms with van der Waals surface area (Å²) in [7, 11) is 6.21. The molecule has 0 aliphatic carbocycles. The van der Waals surface area contributed by atoms with Gasteiger partial charge in [0.1, 0.15) is 0 Å². The van der Waals surface area contributed by atoms with Crippen molar-refractivity contribution in [3.8, 4) is 0 Å². The minimum atomic E-state index is 0.613. The van der Waals surface area contributed by atoms with Gasteiger partial charge in [0.2, 0.25) is 5.95 Å². The number of hydrogen-bond donors (Lipinski definition) is 1. The van der Waals surface area contributed by atoms with Crippen LogP contribution in [0.15, 0.2) is 6.07 Å². The van der Waals surface area contributed by atoms with E-state index < -0.39 is 0 Å². The topological polar surface area (TPSA) is 44.3 Å². The first-order valence-electron chi connectivity index (χ1n) is 6.50. The predicted molar refractivity (Wildman–Crippen MR) is 73.8 cm³/mol. The summed E-state index contributed by atoms with van der Waals surface area (Å²) in [5, 5.41) is 3.14. The smallest absolute Gasteiger partial charge is 0.225 e. The van der Waals surface area contributed by atoms with E-state index in [1.165, 1.54) is 6.42 Å². The van der Waals surface area contributed by atoms with Crippen molar-refractivity contribution in [2.75, 3.05) is 39.1 Å². The molecule has 1 aromatic rings. The molecule has 1 atom stereocenters. The molecule has 5 heteroatoms. The third-order valence-corrected chi connectivity index (χ3v) is 3.43. The van der Waals surface area contributed by atoms with Crippen molar-refractivity contribution in [3.05, 3.63) is 17.5 Å². The van der Waals surface area contributed by atoms with Crippen LogP contribution in [-0.2, 0) is 6.54 Å². The average molecular weight is 249 g/mol. The molecule has 18 heavy (non-hydrogen) atoms. The fourth-order valence-electron chi connectivity index (χ4n) is 2.37. The first kappa shape index (κ1) is 13.2. The van der Waals surface area contributed by atoms with Gasteiger partial charge in [-0.1, -0.05) is 0 Å². The molecule has 1 fully saturated rings. The van der Waals surface area contributed by atoms with E-state index >= 15 is 0 Å². The number of aromatic nitrogens is 2. The molecule has 2 heterocycles. The standard InChI is InChI=1S/C13H23N5/c1-10-7-11(8-14-2)16-13(15-10)18-6-5-12(9-18)17(3)4/h7,12,14H,5-6,8-9H2,1-4H3. The Bertz CT molecular complexity index is 404. The number of nitrogens with zero attached hydrogens (tertiary/aromatic N) is 4. The van der Waals surface area contributed by atoms with Crippen LogP contribution in [-0.4, -0.2) is 55.1 Å². The SMILES string of the molecule is CNCc1cc(C)nc(N2CCC(N(C)C)C2)n1. The van der Waals surface area contributed by atoms with Gasteiger partial charge in [0, 0.05) is 31.4 Å². The maximum absolute atomic E-state index is 4.63. The van der Waals surface area contributed by atoms with Crippen molar-refractivity contribution in [3.63, 3.8) is 0 Å². The lowest BCUT2D eigenvalue weighted by Gasteiger charge is -2.21. The van der Waals surface area contributed by atoms with Crippen molar-refractivity contribution in [2.24, 2.45) is 0 Å².